The fraction of sp³-hybridized carbons (Fsp3) is 0.263. The Morgan fingerprint density at radius 3 is 2.52 bits per heavy atom. The van der Waals surface area contributed by atoms with Crippen LogP contribution in [0, 0.1) is 0 Å². The number of hydrogen-bond donors (Lipinski definition) is 2. The molecule has 8 nitrogen and oxygen atoms in total. The molecule has 0 aromatic heterocycles. The summed E-state index contributed by atoms with van der Waals surface area (Å²) in [7, 11) is 3.01. The summed E-state index contributed by atoms with van der Waals surface area (Å²) < 4.78 is 20.8. The van der Waals surface area contributed by atoms with E-state index in [2.05, 4.69) is 10.6 Å². The first-order valence-corrected chi connectivity index (χ1v) is 8.26. The highest BCUT2D eigenvalue weighted by Crippen LogP contribution is 2.32. The summed E-state index contributed by atoms with van der Waals surface area (Å²) in [5, 5.41) is 5.32. The van der Waals surface area contributed by atoms with E-state index in [0.717, 1.165) is 5.56 Å². The third-order valence-electron chi connectivity index (χ3n) is 3.98. The molecule has 0 saturated carbocycles. The second-order valence-corrected chi connectivity index (χ2v) is 5.72. The number of rotatable bonds is 7. The second-order valence-electron chi connectivity index (χ2n) is 5.72. The zero-order chi connectivity index (χ0) is 19.2. The molecule has 0 saturated heterocycles. The van der Waals surface area contributed by atoms with E-state index in [-0.39, 0.29) is 25.2 Å². The van der Waals surface area contributed by atoms with Gasteiger partial charge in [-0.1, -0.05) is 6.07 Å². The van der Waals surface area contributed by atoms with Crippen LogP contribution in [-0.4, -0.2) is 39.4 Å². The number of hydrogen-bond acceptors (Lipinski definition) is 6. The van der Waals surface area contributed by atoms with Crippen LogP contribution in [0.3, 0.4) is 0 Å². The van der Waals surface area contributed by atoms with Gasteiger partial charge in [-0.05, 0) is 35.9 Å². The van der Waals surface area contributed by atoms with Gasteiger partial charge in [0, 0.05) is 12.1 Å². The summed E-state index contributed by atoms with van der Waals surface area (Å²) in [5.74, 6) is 1.62. The molecule has 1 heterocycles. The highest BCUT2D eigenvalue weighted by Gasteiger charge is 2.14. The van der Waals surface area contributed by atoms with E-state index in [1.54, 1.807) is 24.3 Å². The Morgan fingerprint density at radius 1 is 0.963 bits per heavy atom. The van der Waals surface area contributed by atoms with Gasteiger partial charge in [0.2, 0.25) is 12.7 Å². The molecule has 0 bridgehead atoms. The van der Waals surface area contributed by atoms with Gasteiger partial charge >= 0.3 is 0 Å². The van der Waals surface area contributed by atoms with E-state index in [1.165, 1.54) is 14.2 Å². The smallest absolute Gasteiger partial charge is 0.251 e. The molecule has 2 aromatic rings. The van der Waals surface area contributed by atoms with Gasteiger partial charge < -0.3 is 29.6 Å². The number of carbonyl (C=O) groups is 2. The van der Waals surface area contributed by atoms with Crippen LogP contribution in [0.5, 0.6) is 23.0 Å². The van der Waals surface area contributed by atoms with Crippen molar-refractivity contribution >= 4 is 11.8 Å². The van der Waals surface area contributed by atoms with Crippen molar-refractivity contribution in [2.75, 3.05) is 27.6 Å². The predicted molar refractivity (Wildman–Crippen MR) is 96.3 cm³/mol. The number of amides is 2. The molecule has 2 aromatic carbocycles. The number of methoxy groups -OCH3 is 2. The molecule has 0 aliphatic carbocycles. The zero-order valence-corrected chi connectivity index (χ0v) is 15.0. The number of benzene rings is 2. The van der Waals surface area contributed by atoms with Gasteiger partial charge in [0.15, 0.2) is 23.0 Å². The van der Waals surface area contributed by atoms with Crippen molar-refractivity contribution in [2.45, 2.75) is 6.54 Å². The molecule has 0 atom stereocenters. The Hall–Kier alpha value is -3.42. The van der Waals surface area contributed by atoms with Crippen LogP contribution in [0.4, 0.5) is 0 Å². The third-order valence-corrected chi connectivity index (χ3v) is 3.98. The van der Waals surface area contributed by atoms with Gasteiger partial charge in [-0.15, -0.1) is 0 Å². The van der Waals surface area contributed by atoms with Crippen LogP contribution in [0.15, 0.2) is 36.4 Å². The molecule has 3 rings (SSSR count). The van der Waals surface area contributed by atoms with Crippen LogP contribution in [0.2, 0.25) is 0 Å². The largest absolute Gasteiger partial charge is 0.493 e. The molecule has 142 valence electrons. The number of fused-ring (bicyclic) bond motifs is 1. The molecule has 0 unspecified atom stereocenters. The molecule has 0 radical (unpaired) electrons. The summed E-state index contributed by atoms with van der Waals surface area (Å²) >= 11 is 0. The maximum atomic E-state index is 12.2. The number of ether oxygens (including phenoxy) is 4. The van der Waals surface area contributed by atoms with Crippen molar-refractivity contribution < 1.29 is 28.5 Å². The predicted octanol–water partition coefficient (Wildman–Crippen LogP) is 1.48. The molecule has 0 spiro atoms. The van der Waals surface area contributed by atoms with Crippen molar-refractivity contribution in [1.29, 1.82) is 0 Å². The quantitative estimate of drug-likeness (QED) is 0.764. The fourth-order valence-electron chi connectivity index (χ4n) is 2.55. The zero-order valence-electron chi connectivity index (χ0n) is 15.0. The Morgan fingerprint density at radius 2 is 1.74 bits per heavy atom. The molecule has 1 aliphatic heterocycles. The van der Waals surface area contributed by atoms with Crippen LogP contribution >= 0.6 is 0 Å². The van der Waals surface area contributed by atoms with Gasteiger partial charge in [-0.25, -0.2) is 0 Å². The van der Waals surface area contributed by atoms with Crippen molar-refractivity contribution in [3.63, 3.8) is 0 Å². The van der Waals surface area contributed by atoms with Crippen LogP contribution in [0.25, 0.3) is 0 Å². The summed E-state index contributed by atoms with van der Waals surface area (Å²) in [4.78, 5) is 24.2. The molecule has 1 aliphatic rings. The summed E-state index contributed by atoms with van der Waals surface area (Å²) in [6.07, 6.45) is 0. The summed E-state index contributed by atoms with van der Waals surface area (Å²) in [6.45, 7) is 0.382. The Bertz CT molecular complexity index is 852. The van der Waals surface area contributed by atoms with E-state index in [1.807, 2.05) is 12.1 Å². The van der Waals surface area contributed by atoms with E-state index in [4.69, 9.17) is 18.9 Å². The SMILES string of the molecule is COc1ccc(C(=O)NCC(=O)NCc2ccc3c(c2)OCO3)cc1OC. The molecule has 27 heavy (non-hydrogen) atoms. The topological polar surface area (TPSA) is 95.1 Å². The van der Waals surface area contributed by atoms with Crippen molar-refractivity contribution in [1.82, 2.24) is 10.6 Å². The van der Waals surface area contributed by atoms with Crippen molar-refractivity contribution in [2.24, 2.45) is 0 Å². The minimum atomic E-state index is -0.380. The average Bonchev–Trinajstić information content (AvgIpc) is 3.17. The van der Waals surface area contributed by atoms with Gasteiger partial charge in [-0.3, -0.25) is 9.59 Å². The summed E-state index contributed by atoms with van der Waals surface area (Å²) in [5.41, 5.74) is 1.25. The second kappa shape index (κ2) is 8.31. The number of carbonyl (C=O) groups excluding carboxylic acids is 2. The lowest BCUT2D eigenvalue weighted by Gasteiger charge is -2.10. The maximum Gasteiger partial charge on any atom is 0.251 e. The normalized spacial score (nSPS) is 11.6. The van der Waals surface area contributed by atoms with Gasteiger partial charge in [0.05, 0.1) is 20.8 Å². The Kier molecular flexibility index (Phi) is 5.65. The molecule has 8 heteroatoms. The van der Waals surface area contributed by atoms with Gasteiger partial charge in [-0.2, -0.15) is 0 Å². The third kappa shape index (κ3) is 4.41. The summed E-state index contributed by atoms with van der Waals surface area (Å²) in [6, 6.07) is 10.2. The molecular formula is C19H20N2O6. The van der Waals surface area contributed by atoms with E-state index < -0.39 is 0 Å². The standard InChI is InChI=1S/C19H20N2O6/c1-24-14-6-4-13(8-16(14)25-2)19(23)21-10-18(22)20-9-12-3-5-15-17(7-12)27-11-26-15/h3-8H,9-11H2,1-2H3,(H,20,22)(H,21,23). The van der Waals surface area contributed by atoms with Gasteiger partial charge in [0.25, 0.3) is 5.91 Å². The maximum absolute atomic E-state index is 12.2. The van der Waals surface area contributed by atoms with E-state index in [0.29, 0.717) is 35.1 Å². The Balaban J connectivity index is 1.49. The lowest BCUT2D eigenvalue weighted by Crippen LogP contribution is -2.36. The van der Waals surface area contributed by atoms with Crippen molar-refractivity contribution in [3.05, 3.63) is 47.5 Å². The minimum absolute atomic E-state index is 0.141. The van der Waals surface area contributed by atoms with Gasteiger partial charge in [0.1, 0.15) is 0 Å². The molecular weight excluding hydrogens is 352 g/mol. The lowest BCUT2D eigenvalue weighted by atomic mass is 10.2. The molecule has 2 amide bonds. The van der Waals surface area contributed by atoms with Crippen LogP contribution < -0.4 is 29.6 Å². The molecule has 2 N–H and O–H groups in total. The average molecular weight is 372 g/mol. The number of nitrogens with one attached hydrogen (secondary N) is 2. The fourth-order valence-corrected chi connectivity index (χ4v) is 2.55. The Labute approximate surface area is 156 Å². The first-order chi connectivity index (χ1) is 13.1. The van der Waals surface area contributed by atoms with E-state index >= 15 is 0 Å². The lowest BCUT2D eigenvalue weighted by molar-refractivity contribution is -0.120. The highest BCUT2D eigenvalue weighted by molar-refractivity contribution is 5.97. The first kappa shape index (κ1) is 18.4. The molecule has 0 fully saturated rings. The highest BCUT2D eigenvalue weighted by atomic mass is 16.7. The monoisotopic (exact) mass is 372 g/mol. The first-order valence-electron chi connectivity index (χ1n) is 8.26. The van der Waals surface area contributed by atoms with Crippen LogP contribution in [-0.2, 0) is 11.3 Å². The van der Waals surface area contributed by atoms with Crippen LogP contribution in [0.1, 0.15) is 15.9 Å². The van der Waals surface area contributed by atoms with E-state index in [9.17, 15) is 9.59 Å². The minimum Gasteiger partial charge on any atom is -0.493 e. The van der Waals surface area contributed by atoms with Crippen molar-refractivity contribution in [3.8, 4) is 23.0 Å².